The third-order valence-corrected chi connectivity index (χ3v) is 4.22. The second-order valence-corrected chi connectivity index (χ2v) is 6.81. The van der Waals surface area contributed by atoms with Gasteiger partial charge in [-0.3, -0.25) is 9.59 Å². The van der Waals surface area contributed by atoms with Gasteiger partial charge in [-0.2, -0.15) is 5.10 Å². The number of thioether (sulfide) groups is 1. The smallest absolute Gasteiger partial charge is 0.240 e. The predicted octanol–water partition coefficient (Wildman–Crippen LogP) is 2.62. The van der Waals surface area contributed by atoms with Gasteiger partial charge >= 0.3 is 0 Å². The maximum Gasteiger partial charge on any atom is 0.240 e. The topological polar surface area (TPSA) is 82.9 Å². The molecule has 0 unspecified atom stereocenters. The van der Waals surface area contributed by atoms with Gasteiger partial charge in [-0.1, -0.05) is 29.5 Å². The summed E-state index contributed by atoms with van der Waals surface area (Å²) in [4.78, 5) is 24.0. The van der Waals surface area contributed by atoms with Gasteiger partial charge in [0.15, 0.2) is 5.17 Å². The number of aryl methyl sites for hydroxylation is 2. The van der Waals surface area contributed by atoms with E-state index in [4.69, 9.17) is 0 Å². The van der Waals surface area contributed by atoms with E-state index in [2.05, 4.69) is 20.8 Å². The molecule has 0 aliphatic carbocycles. The number of carbonyl (C=O) groups excluding carboxylic acids is 2. The number of benzene rings is 1. The van der Waals surface area contributed by atoms with E-state index in [1.807, 2.05) is 45.9 Å². The molecule has 1 aliphatic heterocycles. The van der Waals surface area contributed by atoms with Crippen LogP contribution in [0, 0.1) is 13.8 Å². The monoisotopic (exact) mass is 332 g/mol. The van der Waals surface area contributed by atoms with Crippen molar-refractivity contribution in [2.75, 3.05) is 5.32 Å². The number of hydrogen-bond acceptors (Lipinski definition) is 5. The molecule has 1 heterocycles. The van der Waals surface area contributed by atoms with E-state index >= 15 is 0 Å². The number of amides is 2. The third-order valence-electron chi connectivity index (χ3n) is 3.14. The maximum atomic E-state index is 12.2. The Kier molecular flexibility index (Phi) is 5.54. The fourth-order valence-electron chi connectivity index (χ4n) is 2.06. The van der Waals surface area contributed by atoms with Crippen LogP contribution in [0.15, 0.2) is 28.4 Å². The molecule has 0 spiro atoms. The zero-order valence-corrected chi connectivity index (χ0v) is 14.5. The molecular weight excluding hydrogens is 312 g/mol. The number of rotatable bonds is 4. The van der Waals surface area contributed by atoms with Crippen LogP contribution in [0.2, 0.25) is 0 Å². The Bertz CT molecular complexity index is 693. The lowest BCUT2D eigenvalue weighted by Gasteiger charge is -2.10. The highest BCUT2D eigenvalue weighted by Gasteiger charge is 2.32. The molecule has 1 aromatic carbocycles. The molecule has 1 fully saturated rings. The summed E-state index contributed by atoms with van der Waals surface area (Å²) in [6, 6.07) is 5.81. The molecule has 1 aromatic rings. The first-order valence-corrected chi connectivity index (χ1v) is 8.16. The highest BCUT2D eigenvalue weighted by atomic mass is 32.2. The van der Waals surface area contributed by atoms with E-state index in [0.717, 1.165) is 22.5 Å². The van der Waals surface area contributed by atoms with Gasteiger partial charge in [0.25, 0.3) is 0 Å². The molecule has 7 heteroatoms. The number of nitrogens with one attached hydrogen (secondary N) is 2. The number of nitrogens with zero attached hydrogens (tertiary/aromatic N) is 2. The van der Waals surface area contributed by atoms with Crippen LogP contribution in [0.3, 0.4) is 0 Å². The minimum Gasteiger partial charge on any atom is -0.326 e. The van der Waals surface area contributed by atoms with E-state index in [-0.39, 0.29) is 18.2 Å². The summed E-state index contributed by atoms with van der Waals surface area (Å²) < 4.78 is 0. The number of carbonyl (C=O) groups is 2. The van der Waals surface area contributed by atoms with Crippen LogP contribution < -0.4 is 10.6 Å². The summed E-state index contributed by atoms with van der Waals surface area (Å²) in [6.45, 7) is 7.58. The summed E-state index contributed by atoms with van der Waals surface area (Å²) >= 11 is 1.23. The lowest BCUT2D eigenvalue weighted by Crippen LogP contribution is -2.28. The van der Waals surface area contributed by atoms with Gasteiger partial charge in [0, 0.05) is 17.8 Å². The van der Waals surface area contributed by atoms with E-state index in [9.17, 15) is 9.59 Å². The molecule has 0 bridgehead atoms. The van der Waals surface area contributed by atoms with E-state index in [0.29, 0.717) is 5.17 Å². The van der Waals surface area contributed by atoms with Crippen molar-refractivity contribution in [2.24, 2.45) is 10.2 Å². The summed E-state index contributed by atoms with van der Waals surface area (Å²) in [5, 5.41) is 13.3. The third kappa shape index (κ3) is 4.92. The van der Waals surface area contributed by atoms with Crippen molar-refractivity contribution in [1.82, 2.24) is 5.32 Å². The summed E-state index contributed by atoms with van der Waals surface area (Å²) in [5.41, 5.74) is 3.70. The first-order chi connectivity index (χ1) is 10.8. The Morgan fingerprint density at radius 2 is 2.09 bits per heavy atom. The van der Waals surface area contributed by atoms with Crippen molar-refractivity contribution < 1.29 is 9.59 Å². The van der Waals surface area contributed by atoms with Crippen LogP contribution in [0.1, 0.15) is 31.4 Å². The Morgan fingerprint density at radius 1 is 1.35 bits per heavy atom. The molecule has 1 saturated heterocycles. The van der Waals surface area contributed by atoms with E-state index < -0.39 is 5.25 Å². The first-order valence-electron chi connectivity index (χ1n) is 7.28. The van der Waals surface area contributed by atoms with Gasteiger partial charge in [0.05, 0.1) is 0 Å². The fraction of sp³-hybridized carbons (Fsp3) is 0.375. The fourth-order valence-corrected chi connectivity index (χ4v) is 2.97. The highest BCUT2D eigenvalue weighted by Crippen LogP contribution is 2.24. The standard InChI is InChI=1S/C16H20N4O2S/c1-9(2)19-20-16-18-15(22)13(23-16)8-14(21)17-12-6-5-10(3)7-11(12)4/h5-7,13H,8H2,1-4H3,(H,17,21)(H,18,20,22)/t13-/m1/s1. The Morgan fingerprint density at radius 3 is 2.74 bits per heavy atom. The molecule has 0 aromatic heterocycles. The first kappa shape index (κ1) is 17.2. The van der Waals surface area contributed by atoms with Gasteiger partial charge in [0.1, 0.15) is 5.25 Å². The average Bonchev–Trinajstić information content (AvgIpc) is 2.80. The highest BCUT2D eigenvalue weighted by molar-refractivity contribution is 8.15. The summed E-state index contributed by atoms with van der Waals surface area (Å²) in [5.74, 6) is -0.408. The van der Waals surface area contributed by atoms with E-state index in [1.54, 1.807) is 0 Å². The van der Waals surface area contributed by atoms with Gasteiger partial charge in [-0.15, -0.1) is 5.10 Å². The van der Waals surface area contributed by atoms with Gasteiger partial charge in [0.2, 0.25) is 11.8 Å². The van der Waals surface area contributed by atoms with Crippen LogP contribution in [0.5, 0.6) is 0 Å². The van der Waals surface area contributed by atoms with Crippen LogP contribution in [0.4, 0.5) is 5.69 Å². The summed E-state index contributed by atoms with van der Waals surface area (Å²) in [6.07, 6.45) is 0.0949. The largest absolute Gasteiger partial charge is 0.326 e. The molecule has 23 heavy (non-hydrogen) atoms. The number of amidine groups is 1. The minimum atomic E-state index is -0.480. The average molecular weight is 332 g/mol. The van der Waals surface area contributed by atoms with Crippen molar-refractivity contribution in [3.05, 3.63) is 29.3 Å². The van der Waals surface area contributed by atoms with Gasteiger partial charge in [-0.05, 0) is 39.3 Å². The molecule has 1 aliphatic rings. The van der Waals surface area contributed by atoms with Gasteiger partial charge in [-0.25, -0.2) is 0 Å². The Hall–Kier alpha value is -2.15. The van der Waals surface area contributed by atoms with Gasteiger partial charge < -0.3 is 10.6 Å². The zero-order valence-electron chi connectivity index (χ0n) is 13.6. The van der Waals surface area contributed by atoms with Crippen LogP contribution in [0.25, 0.3) is 0 Å². The quantitative estimate of drug-likeness (QED) is 0.657. The van der Waals surface area contributed by atoms with Crippen molar-refractivity contribution in [3.63, 3.8) is 0 Å². The maximum absolute atomic E-state index is 12.2. The van der Waals surface area contributed by atoms with Crippen molar-refractivity contribution in [2.45, 2.75) is 39.4 Å². The molecule has 122 valence electrons. The second kappa shape index (κ2) is 7.41. The second-order valence-electron chi connectivity index (χ2n) is 5.62. The lowest BCUT2D eigenvalue weighted by molar-refractivity contribution is -0.122. The molecule has 6 nitrogen and oxygen atoms in total. The lowest BCUT2D eigenvalue weighted by atomic mass is 10.1. The van der Waals surface area contributed by atoms with Crippen LogP contribution in [-0.2, 0) is 9.59 Å². The predicted molar refractivity (Wildman–Crippen MR) is 94.9 cm³/mol. The van der Waals surface area contributed by atoms with Crippen molar-refractivity contribution >= 4 is 40.1 Å². The summed E-state index contributed by atoms with van der Waals surface area (Å²) in [7, 11) is 0. The minimum absolute atomic E-state index is 0.0949. The number of hydrogen-bond donors (Lipinski definition) is 2. The van der Waals surface area contributed by atoms with E-state index in [1.165, 1.54) is 11.8 Å². The zero-order chi connectivity index (χ0) is 17.0. The Balaban J connectivity index is 1.96. The SMILES string of the molecule is CC(C)=N/N=C1\NC(=O)[C@@H](CC(=O)Nc2ccc(C)cc2C)S1. The molecular formula is C16H20N4O2S. The van der Waals surface area contributed by atoms with Crippen molar-refractivity contribution in [3.8, 4) is 0 Å². The molecule has 0 saturated carbocycles. The van der Waals surface area contributed by atoms with Crippen LogP contribution >= 0.6 is 11.8 Å². The van der Waals surface area contributed by atoms with Crippen LogP contribution in [-0.4, -0.2) is 27.9 Å². The molecule has 2 rings (SSSR count). The molecule has 0 radical (unpaired) electrons. The Labute approximate surface area is 139 Å². The van der Waals surface area contributed by atoms with Crippen molar-refractivity contribution in [1.29, 1.82) is 0 Å². The number of anilines is 1. The molecule has 1 atom stereocenters. The molecule has 2 N–H and O–H groups in total. The molecule has 2 amide bonds. The normalized spacial score (nSPS) is 18.7.